The van der Waals surface area contributed by atoms with Crippen LogP contribution in [0.4, 0.5) is 0 Å². The van der Waals surface area contributed by atoms with E-state index in [-0.39, 0.29) is 17.2 Å². The molecule has 0 aromatic carbocycles. The van der Waals surface area contributed by atoms with Crippen LogP contribution >= 0.6 is 0 Å². The summed E-state index contributed by atoms with van der Waals surface area (Å²) in [5.74, 6) is -0.648. The van der Waals surface area contributed by atoms with Crippen LogP contribution in [0.1, 0.15) is 23.8 Å². The van der Waals surface area contributed by atoms with Gasteiger partial charge in [-0.3, -0.25) is 0 Å². The van der Waals surface area contributed by atoms with Crippen LogP contribution in [-0.2, 0) is 19.5 Å². The van der Waals surface area contributed by atoms with Crippen molar-refractivity contribution in [3.63, 3.8) is 0 Å². The van der Waals surface area contributed by atoms with Crippen LogP contribution in [0.5, 0.6) is 0 Å². The van der Waals surface area contributed by atoms with Gasteiger partial charge in [-0.25, -0.2) is 18.4 Å². The molecule has 0 saturated carbocycles. The molecule has 0 bridgehead atoms. The van der Waals surface area contributed by atoms with Gasteiger partial charge in [0.2, 0.25) is 10.0 Å². The van der Waals surface area contributed by atoms with E-state index in [1.54, 1.807) is 0 Å². The zero-order valence-corrected chi connectivity index (χ0v) is 10.8. The van der Waals surface area contributed by atoms with Crippen LogP contribution in [0, 0.1) is 0 Å². The Kier molecular flexibility index (Phi) is 5.32. The predicted molar refractivity (Wildman–Crippen MR) is 63.6 cm³/mol. The minimum Gasteiger partial charge on any atom is -0.459 e. The molecule has 7 nitrogen and oxygen atoms in total. The van der Waals surface area contributed by atoms with Gasteiger partial charge in [0.05, 0.1) is 6.61 Å². The Morgan fingerprint density at radius 2 is 2.11 bits per heavy atom. The topological polar surface area (TPSA) is 111 Å². The minimum absolute atomic E-state index is 0.0366. The lowest BCUT2D eigenvalue weighted by Gasteiger charge is -2.03. The van der Waals surface area contributed by atoms with Crippen LogP contribution in [0.25, 0.3) is 0 Å². The third-order valence-corrected chi connectivity index (χ3v) is 2.91. The summed E-state index contributed by atoms with van der Waals surface area (Å²) in [5, 5.41) is 4.91. The third-order valence-electron chi connectivity index (χ3n) is 2.01. The second-order valence-electron chi connectivity index (χ2n) is 3.54. The molecule has 8 heteroatoms. The molecule has 0 atom stereocenters. The summed E-state index contributed by atoms with van der Waals surface area (Å²) in [4.78, 5) is 13.8. The van der Waals surface area contributed by atoms with Crippen molar-refractivity contribution < 1.29 is 22.7 Å². The molecule has 1 heterocycles. The highest BCUT2D eigenvalue weighted by molar-refractivity contribution is 7.89. The Balaban J connectivity index is 2.45. The molecule has 1 aromatic rings. The first-order valence-corrected chi connectivity index (χ1v) is 6.96. The first-order chi connectivity index (χ1) is 8.45. The smallest absolute Gasteiger partial charge is 0.354 e. The number of carbonyl (C=O) groups is 1. The lowest BCUT2D eigenvalue weighted by atomic mass is 10.4. The van der Waals surface area contributed by atoms with Gasteiger partial charge in [-0.15, -0.1) is 0 Å². The van der Waals surface area contributed by atoms with E-state index in [0.717, 1.165) is 18.7 Å². The van der Waals surface area contributed by atoms with E-state index >= 15 is 0 Å². The summed E-state index contributed by atoms with van der Waals surface area (Å²) < 4.78 is 32.0. The first kappa shape index (κ1) is 14.7. The maximum absolute atomic E-state index is 11.5. The Bertz CT molecular complexity index is 494. The number of carbonyl (C=O) groups excluding carboxylic acids is 1. The number of sulfonamides is 1. The number of primary sulfonamides is 1. The summed E-state index contributed by atoms with van der Waals surface area (Å²) in [7, 11) is -3.81. The van der Waals surface area contributed by atoms with Gasteiger partial charge in [0, 0.05) is 12.8 Å². The first-order valence-electron chi connectivity index (χ1n) is 5.41. The minimum atomic E-state index is -3.81. The van der Waals surface area contributed by atoms with E-state index in [9.17, 15) is 13.2 Å². The molecule has 18 heavy (non-hydrogen) atoms. The Labute approximate surface area is 105 Å². The molecule has 0 aliphatic rings. The second kappa shape index (κ2) is 6.53. The van der Waals surface area contributed by atoms with Crippen molar-refractivity contribution in [1.29, 1.82) is 0 Å². The second-order valence-corrected chi connectivity index (χ2v) is 5.10. The molecule has 0 fully saturated rings. The quantitative estimate of drug-likeness (QED) is 0.547. The fourth-order valence-corrected chi connectivity index (χ4v) is 1.68. The number of nitrogens with one attached hydrogen (secondary N) is 1. The number of hydrogen-bond acceptors (Lipinski definition) is 5. The lowest BCUT2D eigenvalue weighted by molar-refractivity contribution is 0.0313. The highest BCUT2D eigenvalue weighted by Gasteiger charge is 2.15. The number of aromatic nitrogens is 1. The van der Waals surface area contributed by atoms with E-state index in [0.29, 0.717) is 13.2 Å². The van der Waals surface area contributed by atoms with Gasteiger partial charge in [0.15, 0.2) is 0 Å². The SMILES string of the molecule is CCCOCCOC(=O)c1cc(S(N)(=O)=O)c[nH]1. The van der Waals surface area contributed by atoms with E-state index in [1.807, 2.05) is 6.92 Å². The largest absolute Gasteiger partial charge is 0.459 e. The molecule has 0 amide bonds. The van der Waals surface area contributed by atoms with Gasteiger partial charge >= 0.3 is 5.97 Å². The fourth-order valence-electron chi connectivity index (χ4n) is 1.17. The molecule has 1 rings (SSSR count). The average Bonchev–Trinajstić information content (AvgIpc) is 2.77. The highest BCUT2D eigenvalue weighted by Crippen LogP contribution is 2.09. The van der Waals surface area contributed by atoms with E-state index < -0.39 is 16.0 Å². The monoisotopic (exact) mass is 276 g/mol. The number of esters is 1. The summed E-state index contributed by atoms with van der Waals surface area (Å²) in [6.07, 6.45) is 2.03. The van der Waals surface area contributed by atoms with E-state index in [1.165, 1.54) is 0 Å². The number of ether oxygens (including phenoxy) is 2. The van der Waals surface area contributed by atoms with Crippen LogP contribution in [0.2, 0.25) is 0 Å². The Hall–Kier alpha value is -1.38. The summed E-state index contributed by atoms with van der Waals surface area (Å²) in [6.45, 7) is 3.00. The van der Waals surface area contributed by atoms with Crippen molar-refractivity contribution in [1.82, 2.24) is 4.98 Å². The molecule has 0 unspecified atom stereocenters. The van der Waals surface area contributed by atoms with Crippen molar-refractivity contribution in [3.8, 4) is 0 Å². The summed E-state index contributed by atoms with van der Waals surface area (Å²) in [6, 6.07) is 1.13. The molecular formula is C10H16N2O5S. The maximum Gasteiger partial charge on any atom is 0.354 e. The van der Waals surface area contributed by atoms with Gasteiger partial charge in [0.1, 0.15) is 17.2 Å². The molecule has 0 aliphatic heterocycles. The van der Waals surface area contributed by atoms with Crippen LogP contribution in [-0.4, -0.2) is 39.2 Å². The number of aromatic amines is 1. The normalized spacial score (nSPS) is 11.4. The van der Waals surface area contributed by atoms with Crippen molar-refractivity contribution in [2.75, 3.05) is 19.8 Å². The highest BCUT2D eigenvalue weighted by atomic mass is 32.2. The number of nitrogens with two attached hydrogens (primary N) is 1. The van der Waals surface area contributed by atoms with Crippen molar-refractivity contribution >= 4 is 16.0 Å². The molecule has 3 N–H and O–H groups in total. The van der Waals surface area contributed by atoms with Gasteiger partial charge in [0.25, 0.3) is 0 Å². The zero-order valence-electron chi connectivity index (χ0n) is 10.0. The zero-order chi connectivity index (χ0) is 13.6. The van der Waals surface area contributed by atoms with Gasteiger partial charge < -0.3 is 14.5 Å². The third kappa shape index (κ3) is 4.47. The Morgan fingerprint density at radius 1 is 1.39 bits per heavy atom. The van der Waals surface area contributed by atoms with Gasteiger partial charge in [-0.2, -0.15) is 0 Å². The Morgan fingerprint density at radius 3 is 2.67 bits per heavy atom. The standard InChI is InChI=1S/C10H16N2O5S/c1-2-3-16-4-5-17-10(13)9-6-8(7-12-9)18(11,14)15/h6-7,12H,2-5H2,1H3,(H2,11,14,15). The lowest BCUT2D eigenvalue weighted by Crippen LogP contribution is -2.12. The number of H-pyrrole nitrogens is 1. The van der Waals surface area contributed by atoms with Crippen molar-refractivity contribution in [3.05, 3.63) is 18.0 Å². The van der Waals surface area contributed by atoms with Crippen molar-refractivity contribution in [2.24, 2.45) is 5.14 Å². The van der Waals surface area contributed by atoms with Gasteiger partial charge in [-0.1, -0.05) is 6.92 Å². The number of hydrogen-bond donors (Lipinski definition) is 2. The van der Waals surface area contributed by atoms with E-state index in [2.05, 4.69) is 4.98 Å². The maximum atomic E-state index is 11.5. The summed E-state index contributed by atoms with van der Waals surface area (Å²) in [5.41, 5.74) is 0.0366. The molecule has 0 aliphatic carbocycles. The van der Waals surface area contributed by atoms with Crippen LogP contribution < -0.4 is 5.14 Å². The van der Waals surface area contributed by atoms with E-state index in [4.69, 9.17) is 14.6 Å². The summed E-state index contributed by atoms with van der Waals surface area (Å²) >= 11 is 0. The van der Waals surface area contributed by atoms with Crippen LogP contribution in [0.15, 0.2) is 17.2 Å². The molecule has 0 saturated heterocycles. The molecular weight excluding hydrogens is 260 g/mol. The molecule has 1 aromatic heterocycles. The molecule has 0 spiro atoms. The van der Waals surface area contributed by atoms with Crippen molar-refractivity contribution in [2.45, 2.75) is 18.2 Å². The fraction of sp³-hybridized carbons (Fsp3) is 0.500. The molecule has 102 valence electrons. The van der Waals surface area contributed by atoms with Gasteiger partial charge in [-0.05, 0) is 12.5 Å². The van der Waals surface area contributed by atoms with Crippen LogP contribution in [0.3, 0.4) is 0 Å². The molecule has 0 radical (unpaired) electrons. The predicted octanol–water partition coefficient (Wildman–Crippen LogP) is 0.245. The average molecular weight is 276 g/mol. The number of rotatable bonds is 7.